The highest BCUT2D eigenvalue weighted by atomic mass is 16.6. The van der Waals surface area contributed by atoms with E-state index in [1.807, 2.05) is 38.1 Å². The lowest BCUT2D eigenvalue weighted by atomic mass is 9.88. The molecule has 0 saturated carbocycles. The summed E-state index contributed by atoms with van der Waals surface area (Å²) in [5, 5.41) is 0. The Morgan fingerprint density at radius 3 is 1.64 bits per heavy atom. The first-order valence-electron chi connectivity index (χ1n) is 15.2. The molecular formula is C36H44O9. The van der Waals surface area contributed by atoms with Gasteiger partial charge < -0.3 is 28.4 Å². The summed E-state index contributed by atoms with van der Waals surface area (Å²) < 4.78 is 32.3. The molecule has 0 bridgehead atoms. The molecule has 0 radical (unpaired) electrons. The second-order valence-corrected chi connectivity index (χ2v) is 11.2. The lowest BCUT2D eigenvalue weighted by molar-refractivity contribution is -0.152. The zero-order valence-electron chi connectivity index (χ0n) is 26.8. The van der Waals surface area contributed by atoms with Crippen molar-refractivity contribution < 1.29 is 42.8 Å². The molecule has 0 aliphatic rings. The van der Waals surface area contributed by atoms with Crippen molar-refractivity contribution in [2.45, 2.75) is 34.1 Å². The van der Waals surface area contributed by atoms with Gasteiger partial charge in [-0.25, -0.2) is 9.59 Å². The molecule has 1 unspecified atom stereocenters. The van der Waals surface area contributed by atoms with E-state index in [-0.39, 0.29) is 30.4 Å². The van der Waals surface area contributed by atoms with Gasteiger partial charge in [0.2, 0.25) is 0 Å². The summed E-state index contributed by atoms with van der Waals surface area (Å²) in [5.74, 6) is 0.589. The number of carbonyl (C=O) groups is 3. The molecule has 0 aromatic heterocycles. The number of hydrogen-bond acceptors (Lipinski definition) is 9. The molecule has 242 valence electrons. The monoisotopic (exact) mass is 620 g/mol. The van der Waals surface area contributed by atoms with Crippen molar-refractivity contribution in [2.75, 3.05) is 46.8 Å². The summed E-state index contributed by atoms with van der Waals surface area (Å²) in [5.41, 5.74) is 2.70. The fourth-order valence-electron chi connectivity index (χ4n) is 4.48. The minimum atomic E-state index is -0.481. The van der Waals surface area contributed by atoms with Gasteiger partial charge in [0.1, 0.15) is 24.7 Å². The number of hydrogen-bond donors (Lipinski definition) is 0. The van der Waals surface area contributed by atoms with Crippen LogP contribution in [0.5, 0.6) is 11.5 Å². The highest BCUT2D eigenvalue weighted by Gasteiger charge is 2.24. The molecule has 0 heterocycles. The Morgan fingerprint density at radius 2 is 1.09 bits per heavy atom. The van der Waals surface area contributed by atoms with Crippen molar-refractivity contribution in [3.63, 3.8) is 0 Å². The van der Waals surface area contributed by atoms with Crippen LogP contribution in [0.2, 0.25) is 0 Å². The Kier molecular flexibility index (Phi) is 14.6. The van der Waals surface area contributed by atoms with Gasteiger partial charge in [-0.15, -0.1) is 0 Å². The quantitative estimate of drug-likeness (QED) is 0.0880. The van der Waals surface area contributed by atoms with Crippen LogP contribution >= 0.6 is 0 Å². The molecule has 45 heavy (non-hydrogen) atoms. The lowest BCUT2D eigenvalue weighted by Crippen LogP contribution is -2.25. The SMILES string of the molecule is COC(=O)c1ccc(-c2ccc(OC(=O)c3ccc(OCCOCCOCCOC(=O)C(CC(C)C)C(C)C)cc3)cc2)cc1. The predicted molar refractivity (Wildman–Crippen MR) is 170 cm³/mol. The van der Waals surface area contributed by atoms with Crippen LogP contribution in [0.3, 0.4) is 0 Å². The molecule has 0 N–H and O–H groups in total. The average molecular weight is 621 g/mol. The number of benzene rings is 3. The molecule has 0 saturated heterocycles. The molecule has 0 spiro atoms. The van der Waals surface area contributed by atoms with Gasteiger partial charge >= 0.3 is 17.9 Å². The van der Waals surface area contributed by atoms with Crippen LogP contribution in [0, 0.1) is 17.8 Å². The lowest BCUT2D eigenvalue weighted by Gasteiger charge is -2.21. The topological polar surface area (TPSA) is 107 Å². The van der Waals surface area contributed by atoms with Crippen LogP contribution in [0.4, 0.5) is 0 Å². The van der Waals surface area contributed by atoms with Crippen molar-refractivity contribution in [1.82, 2.24) is 0 Å². The van der Waals surface area contributed by atoms with Crippen LogP contribution in [0.25, 0.3) is 11.1 Å². The molecule has 1 atom stereocenters. The molecule has 9 nitrogen and oxygen atoms in total. The van der Waals surface area contributed by atoms with E-state index in [0.29, 0.717) is 61.6 Å². The van der Waals surface area contributed by atoms with Gasteiger partial charge in [0.15, 0.2) is 0 Å². The zero-order valence-corrected chi connectivity index (χ0v) is 26.8. The Morgan fingerprint density at radius 1 is 0.600 bits per heavy atom. The Bertz CT molecular complexity index is 1330. The second-order valence-electron chi connectivity index (χ2n) is 11.2. The number of rotatable bonds is 18. The normalized spacial score (nSPS) is 11.7. The van der Waals surface area contributed by atoms with Crippen LogP contribution in [0.15, 0.2) is 72.8 Å². The minimum Gasteiger partial charge on any atom is -0.491 e. The highest BCUT2D eigenvalue weighted by Crippen LogP contribution is 2.24. The number of ether oxygens (including phenoxy) is 6. The third kappa shape index (κ3) is 12.0. The molecule has 3 aromatic rings. The van der Waals surface area contributed by atoms with Crippen molar-refractivity contribution >= 4 is 17.9 Å². The molecular weight excluding hydrogens is 576 g/mol. The van der Waals surface area contributed by atoms with Crippen LogP contribution in [-0.2, 0) is 23.7 Å². The minimum absolute atomic E-state index is 0.0877. The summed E-state index contributed by atoms with van der Waals surface area (Å²) in [6.07, 6.45) is 0.819. The van der Waals surface area contributed by atoms with E-state index in [9.17, 15) is 14.4 Å². The molecule has 3 aromatic carbocycles. The van der Waals surface area contributed by atoms with Crippen molar-refractivity contribution in [2.24, 2.45) is 17.8 Å². The number of esters is 3. The van der Waals surface area contributed by atoms with E-state index in [0.717, 1.165) is 17.5 Å². The van der Waals surface area contributed by atoms with E-state index in [1.54, 1.807) is 48.5 Å². The van der Waals surface area contributed by atoms with Gasteiger partial charge in [0.25, 0.3) is 0 Å². The zero-order chi connectivity index (χ0) is 32.6. The Balaban J connectivity index is 1.29. The summed E-state index contributed by atoms with van der Waals surface area (Å²) in [7, 11) is 1.34. The van der Waals surface area contributed by atoms with Gasteiger partial charge in [-0.2, -0.15) is 0 Å². The maximum Gasteiger partial charge on any atom is 0.343 e. The fourth-order valence-corrected chi connectivity index (χ4v) is 4.48. The van der Waals surface area contributed by atoms with E-state index >= 15 is 0 Å². The van der Waals surface area contributed by atoms with Crippen molar-refractivity contribution in [3.8, 4) is 22.6 Å². The summed E-state index contributed by atoms with van der Waals surface area (Å²) in [4.78, 5) is 36.5. The molecule has 3 rings (SSSR count). The maximum absolute atomic E-state index is 12.6. The molecule has 0 fully saturated rings. The first-order chi connectivity index (χ1) is 21.7. The highest BCUT2D eigenvalue weighted by molar-refractivity contribution is 5.91. The largest absolute Gasteiger partial charge is 0.491 e. The first kappa shape index (κ1) is 35.3. The van der Waals surface area contributed by atoms with Crippen molar-refractivity contribution in [3.05, 3.63) is 83.9 Å². The molecule has 0 amide bonds. The molecule has 9 heteroatoms. The standard InChI is InChI=1S/C36H44O9/c1-25(2)24-33(26(3)4)36(39)44-23-21-42-19-18-41-20-22-43-31-14-12-30(13-15-31)35(38)45-32-16-10-28(11-17-32)27-6-8-29(9-7-27)34(37)40-5/h6-17,25-26,33H,18-24H2,1-5H3. The third-order valence-electron chi connectivity index (χ3n) is 6.97. The maximum atomic E-state index is 12.6. The van der Waals surface area contributed by atoms with Gasteiger partial charge in [0.05, 0.1) is 50.6 Å². The smallest absolute Gasteiger partial charge is 0.343 e. The second kappa shape index (κ2) is 18.6. The number of carbonyl (C=O) groups excluding carboxylic acids is 3. The van der Waals surface area contributed by atoms with E-state index < -0.39 is 5.97 Å². The average Bonchev–Trinajstić information content (AvgIpc) is 3.04. The summed E-state index contributed by atoms with van der Waals surface area (Å²) >= 11 is 0. The predicted octanol–water partition coefficient (Wildman–Crippen LogP) is 6.63. The first-order valence-corrected chi connectivity index (χ1v) is 15.2. The molecule has 0 aliphatic carbocycles. The summed E-state index contributed by atoms with van der Waals surface area (Å²) in [6, 6.07) is 20.9. The fraction of sp³-hybridized carbons (Fsp3) is 0.417. The van der Waals surface area contributed by atoms with Crippen LogP contribution in [0.1, 0.15) is 54.8 Å². The Labute approximate surface area is 265 Å². The van der Waals surface area contributed by atoms with E-state index in [2.05, 4.69) is 13.8 Å². The van der Waals surface area contributed by atoms with Crippen LogP contribution < -0.4 is 9.47 Å². The van der Waals surface area contributed by atoms with Gasteiger partial charge in [0, 0.05) is 0 Å². The van der Waals surface area contributed by atoms with Gasteiger partial charge in [-0.3, -0.25) is 4.79 Å². The summed E-state index contributed by atoms with van der Waals surface area (Å²) in [6.45, 7) is 10.3. The van der Waals surface area contributed by atoms with E-state index in [1.165, 1.54) is 7.11 Å². The molecule has 0 aliphatic heterocycles. The van der Waals surface area contributed by atoms with Crippen LogP contribution in [-0.4, -0.2) is 64.7 Å². The van der Waals surface area contributed by atoms with Crippen molar-refractivity contribution in [1.29, 1.82) is 0 Å². The number of methoxy groups -OCH3 is 1. The third-order valence-corrected chi connectivity index (χ3v) is 6.97. The Hall–Kier alpha value is -4.21. The van der Waals surface area contributed by atoms with Gasteiger partial charge in [-0.05, 0) is 77.9 Å². The van der Waals surface area contributed by atoms with Gasteiger partial charge in [-0.1, -0.05) is 52.0 Å². The van der Waals surface area contributed by atoms with E-state index in [4.69, 9.17) is 28.4 Å².